The molecule has 164 valence electrons. The molecule has 0 fully saturated rings. The van der Waals surface area contributed by atoms with Crippen molar-refractivity contribution in [3.63, 3.8) is 0 Å². The lowest BCUT2D eigenvalue weighted by Crippen LogP contribution is -2.28. The van der Waals surface area contributed by atoms with Crippen molar-refractivity contribution in [2.75, 3.05) is 44.4 Å². The van der Waals surface area contributed by atoms with Crippen LogP contribution in [0.25, 0.3) is 0 Å². The van der Waals surface area contributed by atoms with Gasteiger partial charge in [-0.1, -0.05) is 0 Å². The van der Waals surface area contributed by atoms with Crippen molar-refractivity contribution in [1.29, 1.82) is 0 Å². The lowest BCUT2D eigenvalue weighted by atomic mass is 10.1. The molecule has 0 saturated heterocycles. The molecule has 0 unspecified atom stereocenters. The number of rotatable bonds is 10. The Labute approximate surface area is 182 Å². The summed E-state index contributed by atoms with van der Waals surface area (Å²) < 4.78 is 16.5. The minimum absolute atomic E-state index is 0.150. The number of aliphatic hydroxyl groups excluding tert-OH is 1. The van der Waals surface area contributed by atoms with Crippen LogP contribution in [-0.4, -0.2) is 55.6 Å². The van der Waals surface area contributed by atoms with Crippen molar-refractivity contribution < 1.29 is 24.1 Å². The third kappa shape index (κ3) is 5.58. The predicted octanol–water partition coefficient (Wildman–Crippen LogP) is 4.10. The number of hydrogen-bond acceptors (Lipinski definition) is 8. The number of carbonyl (C=O) groups excluding carboxylic acids is 1. The summed E-state index contributed by atoms with van der Waals surface area (Å²) in [5.74, 6) is 1.85. The van der Waals surface area contributed by atoms with E-state index in [1.54, 1.807) is 29.8 Å². The van der Waals surface area contributed by atoms with Crippen LogP contribution >= 0.6 is 11.8 Å². The van der Waals surface area contributed by atoms with Crippen LogP contribution in [0.3, 0.4) is 0 Å². The minimum atomic E-state index is -0.570. The first-order valence-corrected chi connectivity index (χ1v) is 11.0. The van der Waals surface area contributed by atoms with Crippen LogP contribution in [0.2, 0.25) is 0 Å². The van der Waals surface area contributed by atoms with Gasteiger partial charge in [-0.05, 0) is 68.5 Å². The maximum absolute atomic E-state index is 12.7. The van der Waals surface area contributed by atoms with E-state index < -0.39 is 5.97 Å². The van der Waals surface area contributed by atoms with E-state index >= 15 is 0 Å². The standard InChI is InChI=1S/C22H30N2O5S/c1-14-10-17(27-4)11-15(2)20(14)29-21-19(22(26)28-5)18(12-16(3)23-21)24(13-25)8-7-9-30-6/h10-12,25H,7-9,13H2,1-6H3. The molecule has 0 radical (unpaired) electrons. The third-order valence-electron chi connectivity index (χ3n) is 4.64. The molecule has 1 aromatic carbocycles. The van der Waals surface area contributed by atoms with Crippen molar-refractivity contribution in [2.45, 2.75) is 27.2 Å². The third-order valence-corrected chi connectivity index (χ3v) is 5.34. The van der Waals surface area contributed by atoms with E-state index in [-0.39, 0.29) is 18.2 Å². The van der Waals surface area contributed by atoms with Gasteiger partial charge < -0.3 is 24.2 Å². The zero-order valence-electron chi connectivity index (χ0n) is 18.4. The molecule has 30 heavy (non-hydrogen) atoms. The first kappa shape index (κ1) is 23.8. The van der Waals surface area contributed by atoms with Crippen LogP contribution in [0.4, 0.5) is 5.69 Å². The zero-order valence-corrected chi connectivity index (χ0v) is 19.3. The first-order chi connectivity index (χ1) is 14.4. The number of thioether (sulfide) groups is 1. The number of hydrogen-bond donors (Lipinski definition) is 1. The fourth-order valence-corrected chi connectivity index (χ4v) is 3.62. The van der Waals surface area contributed by atoms with Gasteiger partial charge in [-0.15, -0.1) is 0 Å². The Morgan fingerprint density at radius 2 is 1.83 bits per heavy atom. The molecule has 0 aliphatic rings. The van der Waals surface area contributed by atoms with E-state index in [4.69, 9.17) is 14.2 Å². The van der Waals surface area contributed by atoms with E-state index in [9.17, 15) is 9.90 Å². The van der Waals surface area contributed by atoms with Gasteiger partial charge >= 0.3 is 5.97 Å². The van der Waals surface area contributed by atoms with Gasteiger partial charge in [0, 0.05) is 12.2 Å². The van der Waals surface area contributed by atoms with Crippen LogP contribution in [-0.2, 0) is 4.74 Å². The number of pyridine rings is 1. The zero-order chi connectivity index (χ0) is 22.3. The Morgan fingerprint density at radius 3 is 2.37 bits per heavy atom. The minimum Gasteiger partial charge on any atom is -0.497 e. The summed E-state index contributed by atoms with van der Waals surface area (Å²) in [5, 5.41) is 9.97. The van der Waals surface area contributed by atoms with Gasteiger partial charge in [0.1, 0.15) is 23.8 Å². The Balaban J connectivity index is 2.57. The molecule has 1 N–H and O–H groups in total. The van der Waals surface area contributed by atoms with Crippen LogP contribution < -0.4 is 14.4 Å². The fraction of sp³-hybridized carbons (Fsp3) is 0.455. The van der Waals surface area contributed by atoms with Gasteiger partial charge in [0.05, 0.1) is 19.9 Å². The number of aromatic nitrogens is 1. The Kier molecular flexibility index (Phi) is 8.80. The molecule has 0 aliphatic heterocycles. The van der Waals surface area contributed by atoms with Crippen molar-refractivity contribution in [3.05, 3.63) is 40.6 Å². The SMILES string of the molecule is COC(=O)c1c(N(CO)CCCSC)cc(C)nc1Oc1c(C)cc(OC)cc1C. The maximum atomic E-state index is 12.7. The molecule has 0 bridgehead atoms. The second-order valence-electron chi connectivity index (χ2n) is 6.90. The van der Waals surface area contributed by atoms with Crippen LogP contribution in [0.5, 0.6) is 17.4 Å². The number of ether oxygens (including phenoxy) is 3. The number of methoxy groups -OCH3 is 2. The molecule has 7 nitrogen and oxygen atoms in total. The molecule has 0 saturated carbocycles. The summed E-state index contributed by atoms with van der Waals surface area (Å²) >= 11 is 1.73. The average molecular weight is 435 g/mol. The molecular weight excluding hydrogens is 404 g/mol. The average Bonchev–Trinajstić information content (AvgIpc) is 2.72. The number of anilines is 1. The van der Waals surface area contributed by atoms with E-state index in [1.165, 1.54) is 7.11 Å². The number of benzene rings is 1. The van der Waals surface area contributed by atoms with E-state index in [0.29, 0.717) is 23.7 Å². The predicted molar refractivity (Wildman–Crippen MR) is 120 cm³/mol. The number of esters is 1. The summed E-state index contributed by atoms with van der Waals surface area (Å²) in [5.41, 5.74) is 3.10. The molecule has 2 rings (SSSR count). The van der Waals surface area contributed by atoms with E-state index in [1.807, 2.05) is 39.2 Å². The lowest BCUT2D eigenvalue weighted by molar-refractivity contribution is 0.0597. The highest BCUT2D eigenvalue weighted by molar-refractivity contribution is 7.98. The molecule has 0 spiro atoms. The molecule has 0 aliphatic carbocycles. The normalized spacial score (nSPS) is 10.6. The molecule has 1 aromatic heterocycles. The summed E-state index contributed by atoms with van der Waals surface area (Å²) in [4.78, 5) is 18.9. The van der Waals surface area contributed by atoms with Gasteiger partial charge in [-0.25, -0.2) is 9.78 Å². The maximum Gasteiger partial charge on any atom is 0.345 e. The highest BCUT2D eigenvalue weighted by Gasteiger charge is 2.25. The molecule has 0 atom stereocenters. The first-order valence-electron chi connectivity index (χ1n) is 9.64. The Bertz CT molecular complexity index is 865. The van der Waals surface area contributed by atoms with Crippen molar-refractivity contribution in [1.82, 2.24) is 4.98 Å². The summed E-state index contributed by atoms with van der Waals surface area (Å²) in [6.07, 6.45) is 2.89. The van der Waals surface area contributed by atoms with E-state index in [2.05, 4.69) is 4.98 Å². The second-order valence-corrected chi connectivity index (χ2v) is 7.88. The quantitative estimate of drug-likeness (QED) is 0.340. The van der Waals surface area contributed by atoms with Gasteiger partial charge in [0.15, 0.2) is 0 Å². The van der Waals surface area contributed by atoms with Crippen LogP contribution in [0, 0.1) is 20.8 Å². The summed E-state index contributed by atoms with van der Waals surface area (Å²) in [6, 6.07) is 5.49. The monoisotopic (exact) mass is 434 g/mol. The fourth-order valence-electron chi connectivity index (χ4n) is 3.20. The highest BCUT2D eigenvalue weighted by Crippen LogP contribution is 2.36. The van der Waals surface area contributed by atoms with Gasteiger partial charge in [-0.3, -0.25) is 0 Å². The summed E-state index contributed by atoms with van der Waals surface area (Å²) in [7, 11) is 2.93. The topological polar surface area (TPSA) is 81.1 Å². The lowest BCUT2D eigenvalue weighted by Gasteiger charge is -2.25. The second kappa shape index (κ2) is 11.1. The van der Waals surface area contributed by atoms with Gasteiger partial charge in [0.2, 0.25) is 5.88 Å². The number of carbonyl (C=O) groups is 1. The van der Waals surface area contributed by atoms with E-state index in [0.717, 1.165) is 29.1 Å². The largest absolute Gasteiger partial charge is 0.497 e. The molecule has 1 heterocycles. The summed E-state index contributed by atoms with van der Waals surface area (Å²) in [6.45, 7) is 5.99. The number of aliphatic hydroxyl groups is 1. The highest BCUT2D eigenvalue weighted by atomic mass is 32.2. The Hall–Kier alpha value is -2.45. The van der Waals surface area contributed by atoms with Crippen LogP contribution in [0.1, 0.15) is 33.6 Å². The number of aryl methyl sites for hydroxylation is 3. The van der Waals surface area contributed by atoms with Gasteiger partial charge in [0.25, 0.3) is 0 Å². The molecule has 0 amide bonds. The van der Waals surface area contributed by atoms with Crippen molar-refractivity contribution in [3.8, 4) is 17.4 Å². The van der Waals surface area contributed by atoms with Crippen LogP contribution in [0.15, 0.2) is 18.2 Å². The van der Waals surface area contributed by atoms with Gasteiger partial charge in [-0.2, -0.15) is 11.8 Å². The molecule has 2 aromatic rings. The van der Waals surface area contributed by atoms with Crippen molar-refractivity contribution >= 4 is 23.4 Å². The smallest absolute Gasteiger partial charge is 0.345 e. The van der Waals surface area contributed by atoms with Crippen molar-refractivity contribution in [2.24, 2.45) is 0 Å². The Morgan fingerprint density at radius 1 is 1.17 bits per heavy atom. The molecule has 8 heteroatoms. The molecular formula is C22H30N2O5S. The number of nitrogens with zero attached hydrogens (tertiary/aromatic N) is 2.